The van der Waals surface area contributed by atoms with Gasteiger partial charge in [0.2, 0.25) is 0 Å². The van der Waals surface area contributed by atoms with Crippen molar-refractivity contribution in [1.82, 2.24) is 5.32 Å². The largest absolute Gasteiger partial charge is 0.497 e. The van der Waals surface area contributed by atoms with E-state index in [0.717, 1.165) is 12.0 Å². The highest BCUT2D eigenvalue weighted by Gasteiger charge is 2.89. The summed E-state index contributed by atoms with van der Waals surface area (Å²) in [5, 5.41) is 2.51. The lowest BCUT2D eigenvalue weighted by atomic mass is 9.81. The molecular weight excluding hydrogens is 374 g/mol. The van der Waals surface area contributed by atoms with Gasteiger partial charge in [-0.05, 0) is 77.1 Å². The first-order valence-electron chi connectivity index (χ1n) is 10.7. The highest BCUT2D eigenvalue weighted by Crippen LogP contribution is 2.97. The van der Waals surface area contributed by atoms with Crippen molar-refractivity contribution in [3.8, 4) is 5.75 Å². The number of hydrogen-bond acceptors (Lipinski definition) is 3. The molecule has 7 rings (SSSR count). The number of hydrogen-bond donors (Lipinski definition) is 1. The fourth-order valence-electron chi connectivity index (χ4n) is 6.76. The van der Waals surface area contributed by atoms with Crippen molar-refractivity contribution in [3.63, 3.8) is 0 Å². The smallest absolute Gasteiger partial charge is 0.259 e. The molecule has 4 aliphatic carbocycles. The first-order valence-corrected chi connectivity index (χ1v) is 10.7. The molecule has 5 aliphatic rings. The van der Waals surface area contributed by atoms with Crippen molar-refractivity contribution < 1.29 is 14.3 Å². The molecule has 148 valence electrons. The van der Waals surface area contributed by atoms with Crippen LogP contribution in [-0.4, -0.2) is 18.9 Å². The third-order valence-electron chi connectivity index (χ3n) is 8.19. The lowest BCUT2D eigenvalue weighted by Crippen LogP contribution is -2.22. The molecule has 4 heteroatoms. The number of rotatable bonds is 3. The van der Waals surface area contributed by atoms with Gasteiger partial charge in [-0.25, -0.2) is 0 Å². The number of allylic oxidation sites excluding steroid dienone is 1. The Kier molecular flexibility index (Phi) is 2.84. The average Bonchev–Trinajstić information content (AvgIpc) is 3.52. The third-order valence-corrected chi connectivity index (χ3v) is 8.19. The van der Waals surface area contributed by atoms with Crippen LogP contribution in [0.1, 0.15) is 53.0 Å². The minimum Gasteiger partial charge on any atom is -0.497 e. The second-order valence-electron chi connectivity index (χ2n) is 9.40. The summed E-state index contributed by atoms with van der Waals surface area (Å²) < 4.78 is 5.33. The van der Waals surface area contributed by atoms with Gasteiger partial charge in [0.1, 0.15) is 5.75 Å². The van der Waals surface area contributed by atoms with E-state index in [4.69, 9.17) is 4.74 Å². The van der Waals surface area contributed by atoms with Gasteiger partial charge in [0.15, 0.2) is 0 Å². The molecule has 0 radical (unpaired) electrons. The van der Waals surface area contributed by atoms with E-state index in [0.29, 0.717) is 39.2 Å². The fourth-order valence-corrected chi connectivity index (χ4v) is 6.76. The van der Waals surface area contributed by atoms with Crippen LogP contribution in [0.3, 0.4) is 0 Å². The zero-order valence-corrected chi connectivity index (χ0v) is 16.7. The van der Waals surface area contributed by atoms with E-state index < -0.39 is 0 Å². The topological polar surface area (TPSA) is 55.4 Å². The second-order valence-corrected chi connectivity index (χ2v) is 9.40. The molecule has 4 nitrogen and oxygen atoms in total. The van der Waals surface area contributed by atoms with E-state index in [1.54, 1.807) is 7.11 Å². The molecule has 0 bridgehead atoms. The maximum absolute atomic E-state index is 12.9. The van der Waals surface area contributed by atoms with E-state index in [1.807, 2.05) is 24.3 Å². The number of nitrogens with one attached hydrogen (secondary N) is 1. The first kappa shape index (κ1) is 16.6. The summed E-state index contributed by atoms with van der Waals surface area (Å²) in [6.45, 7) is 0. The Labute approximate surface area is 174 Å². The van der Waals surface area contributed by atoms with Gasteiger partial charge < -0.3 is 4.74 Å². The lowest BCUT2D eigenvalue weighted by Gasteiger charge is -2.22. The highest BCUT2D eigenvalue weighted by atomic mass is 16.5. The van der Waals surface area contributed by atoms with Crippen LogP contribution < -0.4 is 10.1 Å². The second kappa shape index (κ2) is 5.12. The summed E-state index contributed by atoms with van der Waals surface area (Å²) in [6.07, 6.45) is 9.60. The zero-order chi connectivity index (χ0) is 20.3. The van der Waals surface area contributed by atoms with Crippen molar-refractivity contribution in [1.29, 1.82) is 0 Å². The summed E-state index contributed by atoms with van der Waals surface area (Å²) in [6, 6.07) is 11.6. The molecule has 2 aromatic carbocycles. The predicted molar refractivity (Wildman–Crippen MR) is 114 cm³/mol. The molecule has 30 heavy (non-hydrogen) atoms. The van der Waals surface area contributed by atoms with Crippen LogP contribution in [0, 0.1) is 10.8 Å². The van der Waals surface area contributed by atoms with Crippen molar-refractivity contribution in [3.05, 3.63) is 70.3 Å². The quantitative estimate of drug-likeness (QED) is 0.796. The van der Waals surface area contributed by atoms with Crippen LogP contribution in [0.5, 0.6) is 5.75 Å². The summed E-state index contributed by atoms with van der Waals surface area (Å²) in [7, 11) is 1.60. The van der Waals surface area contributed by atoms with Crippen molar-refractivity contribution in [2.45, 2.75) is 31.6 Å². The Hall–Kier alpha value is -3.14. The molecule has 0 saturated heterocycles. The summed E-state index contributed by atoms with van der Waals surface area (Å²) in [4.78, 5) is 25.6. The first-order chi connectivity index (χ1) is 14.6. The molecule has 2 aromatic rings. The maximum Gasteiger partial charge on any atom is 0.259 e. The molecule has 2 fully saturated rings. The molecule has 2 saturated carbocycles. The van der Waals surface area contributed by atoms with Gasteiger partial charge in [-0.2, -0.15) is 0 Å². The SMILES string of the molecule is COc1cccc(C2=C(c3cc4c5c(c3)CCCC36CC3(C=C4)C56)C(=O)NC2=O)c1. The molecule has 2 amide bonds. The third kappa shape index (κ3) is 1.79. The highest BCUT2D eigenvalue weighted by molar-refractivity contribution is 6.49. The van der Waals surface area contributed by atoms with E-state index in [2.05, 4.69) is 29.6 Å². The zero-order valence-electron chi connectivity index (χ0n) is 16.7. The van der Waals surface area contributed by atoms with E-state index in [-0.39, 0.29) is 11.8 Å². The van der Waals surface area contributed by atoms with Gasteiger partial charge in [0, 0.05) is 11.3 Å². The number of methoxy groups -OCH3 is 1. The van der Waals surface area contributed by atoms with Crippen LogP contribution in [0.25, 0.3) is 17.2 Å². The minimum atomic E-state index is -0.344. The summed E-state index contributed by atoms with van der Waals surface area (Å²) in [5.74, 6) is 0.682. The lowest BCUT2D eigenvalue weighted by molar-refractivity contribution is -0.122. The molecule has 3 atom stereocenters. The molecule has 1 N–H and O–H groups in total. The molecule has 3 unspecified atom stereocenters. The maximum atomic E-state index is 12.9. The van der Waals surface area contributed by atoms with Gasteiger partial charge in [0.25, 0.3) is 11.8 Å². The molecule has 1 aliphatic heterocycles. The number of amides is 2. The van der Waals surface area contributed by atoms with Gasteiger partial charge in [-0.3, -0.25) is 14.9 Å². The van der Waals surface area contributed by atoms with E-state index >= 15 is 0 Å². The number of carbonyl (C=O) groups is 2. The molecular formula is C26H21NO3. The van der Waals surface area contributed by atoms with Crippen molar-refractivity contribution in [2.75, 3.05) is 7.11 Å². The standard InChI is InChI=1S/C26H21NO3/c1-30-18-6-2-4-15(12-18)20-21(24(29)27-23(20)28)17-10-14-5-3-8-25-13-26(25)9-7-16(11-17)19(14)22(25)26/h2,4,6-7,9-12,22H,3,5,8,13H2,1H3,(H,27,28,29). The minimum absolute atomic E-state index is 0.319. The normalized spacial score (nSPS) is 31.7. The van der Waals surface area contributed by atoms with Crippen molar-refractivity contribution >= 4 is 29.0 Å². The van der Waals surface area contributed by atoms with Gasteiger partial charge in [-0.1, -0.05) is 30.4 Å². The average molecular weight is 395 g/mol. The van der Waals surface area contributed by atoms with E-state index in [9.17, 15) is 9.59 Å². The number of carbonyl (C=O) groups excluding carboxylic acids is 2. The number of aryl methyl sites for hydroxylation is 1. The molecule has 0 aromatic heterocycles. The van der Waals surface area contributed by atoms with Crippen LogP contribution in [0.2, 0.25) is 0 Å². The summed E-state index contributed by atoms with van der Waals surface area (Å²) in [5.41, 5.74) is 7.54. The Morgan fingerprint density at radius 2 is 1.90 bits per heavy atom. The molecule has 2 spiro atoms. The number of imide groups is 1. The monoisotopic (exact) mass is 395 g/mol. The van der Waals surface area contributed by atoms with Crippen molar-refractivity contribution in [2.24, 2.45) is 10.8 Å². The predicted octanol–water partition coefficient (Wildman–Crippen LogP) is 4.10. The van der Waals surface area contributed by atoms with Crippen LogP contribution >= 0.6 is 0 Å². The Morgan fingerprint density at radius 3 is 2.73 bits per heavy atom. The Bertz CT molecular complexity index is 1270. The Morgan fingerprint density at radius 1 is 1.07 bits per heavy atom. The van der Waals surface area contributed by atoms with Crippen LogP contribution in [0.4, 0.5) is 0 Å². The summed E-state index contributed by atoms with van der Waals surface area (Å²) >= 11 is 0. The van der Waals surface area contributed by atoms with Crippen LogP contribution in [-0.2, 0) is 16.0 Å². The van der Waals surface area contributed by atoms with Gasteiger partial charge in [0.05, 0.1) is 18.3 Å². The van der Waals surface area contributed by atoms with Gasteiger partial charge >= 0.3 is 0 Å². The van der Waals surface area contributed by atoms with E-state index in [1.165, 1.54) is 36.0 Å². The van der Waals surface area contributed by atoms with Crippen LogP contribution in [0.15, 0.2) is 42.5 Å². The fraction of sp³-hybridized carbons (Fsp3) is 0.308. The Balaban J connectivity index is 1.43. The number of ether oxygens (including phenoxy) is 1. The number of benzene rings is 2. The van der Waals surface area contributed by atoms with Gasteiger partial charge in [-0.15, -0.1) is 0 Å². The molecule has 1 heterocycles.